The third-order valence-corrected chi connectivity index (χ3v) is 8.55. The number of hydrogen-bond donors (Lipinski definition) is 1. The van der Waals surface area contributed by atoms with Gasteiger partial charge in [0.15, 0.2) is 6.04 Å². The molecular weight excluding hydrogens is 504 g/mol. The van der Waals surface area contributed by atoms with Crippen molar-refractivity contribution in [3.05, 3.63) is 96.1 Å². The van der Waals surface area contributed by atoms with Crippen LogP contribution in [0.3, 0.4) is 0 Å². The Morgan fingerprint density at radius 1 is 0.800 bits per heavy atom. The van der Waals surface area contributed by atoms with E-state index in [1.807, 2.05) is 72.5 Å². The highest BCUT2D eigenvalue weighted by Crippen LogP contribution is 2.40. The van der Waals surface area contributed by atoms with Gasteiger partial charge in [-0.25, -0.2) is 14.4 Å². The molecule has 0 aromatic heterocycles. The van der Waals surface area contributed by atoms with Gasteiger partial charge in [-0.1, -0.05) is 66.2 Å². The Labute approximate surface area is 234 Å². The molecule has 8 nitrogen and oxygen atoms in total. The van der Waals surface area contributed by atoms with Gasteiger partial charge in [0.2, 0.25) is 0 Å². The van der Waals surface area contributed by atoms with Crippen molar-refractivity contribution in [1.29, 1.82) is 0 Å². The predicted octanol–water partition coefficient (Wildman–Crippen LogP) is 5.81. The quantitative estimate of drug-likeness (QED) is 0.454. The molecule has 206 valence electrons. The Hall–Kier alpha value is -4.33. The maximum atomic E-state index is 14.2. The average Bonchev–Trinajstić information content (AvgIpc) is 3.57. The van der Waals surface area contributed by atoms with E-state index in [1.165, 1.54) is 10.5 Å². The molecule has 3 heterocycles. The Morgan fingerprint density at radius 3 is 2.02 bits per heavy atom. The lowest BCUT2D eigenvalue weighted by Crippen LogP contribution is -2.67. The number of amides is 4. The molecule has 4 atom stereocenters. The Kier molecular flexibility index (Phi) is 6.92. The number of para-hydroxylation sites is 2. The summed E-state index contributed by atoms with van der Waals surface area (Å²) in [7, 11) is 0. The minimum atomic E-state index is -1.13. The predicted molar refractivity (Wildman–Crippen MR) is 152 cm³/mol. The van der Waals surface area contributed by atoms with Crippen LogP contribution in [0, 0.1) is 6.92 Å². The number of likely N-dealkylation sites (tertiary alicyclic amines) is 2. The van der Waals surface area contributed by atoms with E-state index in [9.17, 15) is 19.5 Å². The lowest BCUT2D eigenvalue weighted by molar-refractivity contribution is -0.145. The summed E-state index contributed by atoms with van der Waals surface area (Å²) in [5.41, 5.74) is 3.59. The third kappa shape index (κ3) is 4.57. The molecule has 0 aliphatic carbocycles. The molecule has 3 saturated heterocycles. The summed E-state index contributed by atoms with van der Waals surface area (Å²) in [5, 5.41) is 10.5. The van der Waals surface area contributed by atoms with E-state index < -0.39 is 24.1 Å². The number of benzene rings is 3. The van der Waals surface area contributed by atoms with Crippen LogP contribution in [0.5, 0.6) is 0 Å². The van der Waals surface area contributed by atoms with Crippen LogP contribution in [-0.4, -0.2) is 69.1 Å². The number of hydrogen-bond acceptors (Lipinski definition) is 3. The number of anilines is 2. The molecule has 2 bridgehead atoms. The van der Waals surface area contributed by atoms with Crippen molar-refractivity contribution in [3.8, 4) is 0 Å². The SMILES string of the molecule is Cc1ccc([C@H]2CCCN2C(=O)N2[C@H]3CC[C@@H]2[C@@H](C(=O)O)N(C(=O)N(c2ccccc2)c2ccccc2)C3)cc1. The molecular formula is C32H34N4O4. The highest BCUT2D eigenvalue weighted by Gasteiger charge is 2.54. The van der Waals surface area contributed by atoms with E-state index in [4.69, 9.17) is 0 Å². The molecule has 4 amide bonds. The van der Waals surface area contributed by atoms with Gasteiger partial charge in [-0.2, -0.15) is 0 Å². The number of rotatable bonds is 4. The second-order valence-electron chi connectivity index (χ2n) is 11.0. The Balaban J connectivity index is 1.30. The lowest BCUT2D eigenvalue weighted by atomic mass is 10.0. The number of carbonyl (C=O) groups is 3. The first-order valence-corrected chi connectivity index (χ1v) is 14.0. The van der Waals surface area contributed by atoms with Gasteiger partial charge < -0.3 is 19.8 Å². The monoisotopic (exact) mass is 538 g/mol. The molecule has 40 heavy (non-hydrogen) atoms. The Bertz CT molecular complexity index is 1340. The van der Waals surface area contributed by atoms with Crippen LogP contribution in [0.15, 0.2) is 84.9 Å². The number of carbonyl (C=O) groups excluding carboxylic acids is 2. The first-order chi connectivity index (χ1) is 19.4. The number of carboxylic acid groups (broad SMARTS) is 1. The van der Waals surface area contributed by atoms with Gasteiger partial charge in [0.05, 0.1) is 29.5 Å². The first-order valence-electron chi connectivity index (χ1n) is 14.0. The number of piperazine rings is 1. The molecule has 3 aliphatic heterocycles. The highest BCUT2D eigenvalue weighted by atomic mass is 16.4. The maximum absolute atomic E-state index is 14.2. The standard InChI is InChI=1S/C32H34N4O4/c1-22-14-16-23(17-15-22)27-13-8-20-33(27)31(39)36-26-18-19-28(36)29(30(37)38)34(21-26)32(40)35(24-9-4-2-5-10-24)25-11-6-3-7-12-25/h2-7,9-12,14-17,26-29H,8,13,18-21H2,1H3,(H,37,38)/t26-,27+,28+,29-/m0/s1. The summed E-state index contributed by atoms with van der Waals surface area (Å²) < 4.78 is 0. The maximum Gasteiger partial charge on any atom is 0.329 e. The van der Waals surface area contributed by atoms with Crippen molar-refractivity contribution in [1.82, 2.24) is 14.7 Å². The molecule has 0 saturated carbocycles. The zero-order valence-corrected chi connectivity index (χ0v) is 22.6. The molecule has 0 radical (unpaired) electrons. The van der Waals surface area contributed by atoms with E-state index in [0.717, 1.165) is 18.4 Å². The van der Waals surface area contributed by atoms with Crippen LogP contribution in [0.25, 0.3) is 0 Å². The van der Waals surface area contributed by atoms with Gasteiger partial charge in [0, 0.05) is 13.1 Å². The van der Waals surface area contributed by atoms with Gasteiger partial charge in [0.1, 0.15) is 0 Å². The van der Waals surface area contributed by atoms with E-state index in [-0.39, 0.29) is 24.7 Å². The molecule has 0 spiro atoms. The van der Waals surface area contributed by atoms with Gasteiger partial charge in [0.25, 0.3) is 0 Å². The van der Waals surface area contributed by atoms with E-state index in [2.05, 4.69) is 24.3 Å². The van der Waals surface area contributed by atoms with Crippen molar-refractivity contribution in [2.45, 2.75) is 56.8 Å². The summed E-state index contributed by atoms with van der Waals surface area (Å²) in [4.78, 5) is 47.8. The number of carboxylic acids is 1. The van der Waals surface area contributed by atoms with Crippen molar-refractivity contribution in [2.24, 2.45) is 0 Å². The molecule has 8 heteroatoms. The Morgan fingerprint density at radius 2 is 1.43 bits per heavy atom. The average molecular weight is 539 g/mol. The molecule has 3 aromatic carbocycles. The van der Waals surface area contributed by atoms with Crippen molar-refractivity contribution in [3.63, 3.8) is 0 Å². The van der Waals surface area contributed by atoms with Crippen LogP contribution >= 0.6 is 0 Å². The second-order valence-corrected chi connectivity index (χ2v) is 11.0. The number of aryl methyl sites for hydroxylation is 1. The summed E-state index contributed by atoms with van der Waals surface area (Å²) in [6.07, 6.45) is 3.01. The fourth-order valence-corrected chi connectivity index (χ4v) is 6.67. The van der Waals surface area contributed by atoms with Gasteiger partial charge in [-0.05, 0) is 62.4 Å². The number of nitrogens with zero attached hydrogens (tertiary/aromatic N) is 4. The smallest absolute Gasteiger partial charge is 0.329 e. The second kappa shape index (κ2) is 10.7. The van der Waals surface area contributed by atoms with Crippen LogP contribution < -0.4 is 4.90 Å². The van der Waals surface area contributed by atoms with Crippen LogP contribution in [0.2, 0.25) is 0 Å². The van der Waals surface area contributed by atoms with Crippen LogP contribution in [-0.2, 0) is 4.79 Å². The number of urea groups is 2. The fraction of sp³-hybridized carbons (Fsp3) is 0.344. The molecule has 3 aliphatic rings. The zero-order valence-electron chi connectivity index (χ0n) is 22.6. The topological polar surface area (TPSA) is 84.4 Å². The van der Waals surface area contributed by atoms with Gasteiger partial charge >= 0.3 is 18.0 Å². The third-order valence-electron chi connectivity index (χ3n) is 8.55. The van der Waals surface area contributed by atoms with Crippen molar-refractivity contribution >= 4 is 29.4 Å². The van der Waals surface area contributed by atoms with Crippen LogP contribution in [0.1, 0.15) is 42.9 Å². The summed E-state index contributed by atoms with van der Waals surface area (Å²) >= 11 is 0. The van der Waals surface area contributed by atoms with E-state index in [0.29, 0.717) is 30.8 Å². The minimum absolute atomic E-state index is 0.0258. The van der Waals surface area contributed by atoms with Gasteiger partial charge in [-0.3, -0.25) is 4.90 Å². The van der Waals surface area contributed by atoms with Crippen molar-refractivity contribution in [2.75, 3.05) is 18.0 Å². The first kappa shape index (κ1) is 25.9. The van der Waals surface area contributed by atoms with Crippen molar-refractivity contribution < 1.29 is 19.5 Å². The molecule has 0 unspecified atom stereocenters. The summed E-state index contributed by atoms with van der Waals surface area (Å²) in [6.45, 7) is 2.86. The lowest BCUT2D eigenvalue weighted by Gasteiger charge is -2.47. The molecule has 3 aromatic rings. The molecule has 1 N–H and O–H groups in total. The highest BCUT2D eigenvalue weighted by molar-refractivity contribution is 6.01. The number of fused-ring (bicyclic) bond motifs is 2. The normalized spacial score (nSPS) is 23.8. The van der Waals surface area contributed by atoms with Crippen LogP contribution in [0.4, 0.5) is 21.0 Å². The summed E-state index contributed by atoms with van der Waals surface area (Å²) in [5.74, 6) is -1.09. The van der Waals surface area contributed by atoms with Gasteiger partial charge in [-0.15, -0.1) is 0 Å². The molecule has 3 fully saturated rings. The zero-order chi connectivity index (χ0) is 27.8. The fourth-order valence-electron chi connectivity index (χ4n) is 6.67. The van der Waals surface area contributed by atoms with E-state index in [1.54, 1.807) is 9.80 Å². The largest absolute Gasteiger partial charge is 0.480 e. The minimum Gasteiger partial charge on any atom is -0.480 e. The molecule has 6 rings (SSSR count). The number of aliphatic carboxylic acids is 1. The van der Waals surface area contributed by atoms with E-state index >= 15 is 0 Å². The summed E-state index contributed by atoms with van der Waals surface area (Å²) in [6, 6.07) is 24.4.